The maximum atomic E-state index is 12.0. The first-order valence-electron chi connectivity index (χ1n) is 11.0. The Bertz CT molecular complexity index is 398. The summed E-state index contributed by atoms with van der Waals surface area (Å²) in [5.74, 6) is 0. The number of amides is 2. The molecule has 0 spiro atoms. The summed E-state index contributed by atoms with van der Waals surface area (Å²) in [5.41, 5.74) is 0. The molecule has 0 aliphatic carbocycles. The Hall–Kier alpha value is -1.30. The maximum absolute atomic E-state index is 12.0. The molecular formula is C21H40N2O4. The van der Waals surface area contributed by atoms with Crippen LogP contribution in [-0.4, -0.2) is 48.9 Å². The van der Waals surface area contributed by atoms with E-state index in [1.165, 1.54) is 71.3 Å². The summed E-state index contributed by atoms with van der Waals surface area (Å²) in [6.07, 6.45) is 15.8. The minimum Gasteiger partial charge on any atom is -0.358 e. The molecule has 0 aromatic rings. The third-order valence-electron chi connectivity index (χ3n) is 5.18. The van der Waals surface area contributed by atoms with Gasteiger partial charge in [0.15, 0.2) is 0 Å². The van der Waals surface area contributed by atoms with Crippen LogP contribution in [0.5, 0.6) is 0 Å². The van der Waals surface area contributed by atoms with E-state index < -0.39 is 12.2 Å². The van der Waals surface area contributed by atoms with E-state index in [-0.39, 0.29) is 0 Å². The first-order chi connectivity index (χ1) is 13.2. The van der Waals surface area contributed by atoms with Gasteiger partial charge >= 0.3 is 12.2 Å². The van der Waals surface area contributed by atoms with Crippen molar-refractivity contribution in [1.82, 2.24) is 9.96 Å². The molecule has 0 aromatic carbocycles. The van der Waals surface area contributed by atoms with Crippen molar-refractivity contribution in [3.63, 3.8) is 0 Å². The second-order valence-electron chi connectivity index (χ2n) is 7.50. The molecule has 0 bridgehead atoms. The Morgan fingerprint density at radius 1 is 0.815 bits per heavy atom. The van der Waals surface area contributed by atoms with Crippen molar-refractivity contribution in [3.05, 3.63) is 0 Å². The van der Waals surface area contributed by atoms with Crippen molar-refractivity contribution in [2.75, 3.05) is 26.7 Å². The lowest BCUT2D eigenvalue weighted by Gasteiger charge is -2.20. The second-order valence-corrected chi connectivity index (χ2v) is 7.50. The largest absolute Gasteiger partial charge is 0.442 e. The number of carbonyl (C=O) groups is 2. The van der Waals surface area contributed by atoms with E-state index in [1.54, 1.807) is 4.90 Å². The maximum Gasteiger partial charge on any atom is 0.442 e. The average molecular weight is 385 g/mol. The number of carbonyl (C=O) groups excluding carboxylic acids is 2. The van der Waals surface area contributed by atoms with E-state index in [4.69, 9.17) is 9.57 Å². The standard InChI is InChI=1S/C21H40N2O4/c1-3-4-5-6-7-8-9-10-11-12-13-14-19-23(26-2)21(25)27-20(24)22-17-15-16-18-22/h3-19H2,1-2H3. The molecular weight excluding hydrogens is 344 g/mol. The van der Waals surface area contributed by atoms with Crippen LogP contribution in [0.3, 0.4) is 0 Å². The molecule has 0 aromatic heterocycles. The molecule has 6 heteroatoms. The number of hydrogen-bond donors (Lipinski definition) is 0. The van der Waals surface area contributed by atoms with Crippen molar-refractivity contribution >= 4 is 12.2 Å². The molecule has 1 heterocycles. The highest BCUT2D eigenvalue weighted by molar-refractivity contribution is 5.83. The van der Waals surface area contributed by atoms with E-state index in [0.29, 0.717) is 19.6 Å². The first kappa shape index (κ1) is 23.7. The molecule has 1 rings (SSSR count). The number of hydroxylamine groups is 2. The number of nitrogens with zero attached hydrogens (tertiary/aromatic N) is 2. The first-order valence-corrected chi connectivity index (χ1v) is 11.0. The lowest BCUT2D eigenvalue weighted by Crippen LogP contribution is -2.37. The Balaban J connectivity index is 1.98. The number of hydrogen-bond acceptors (Lipinski definition) is 4. The van der Waals surface area contributed by atoms with Gasteiger partial charge in [-0.3, -0.25) is 4.84 Å². The third-order valence-corrected chi connectivity index (χ3v) is 5.18. The lowest BCUT2D eigenvalue weighted by molar-refractivity contribution is -0.105. The summed E-state index contributed by atoms with van der Waals surface area (Å²) in [6, 6.07) is 0. The smallest absolute Gasteiger partial charge is 0.358 e. The predicted octanol–water partition coefficient (Wildman–Crippen LogP) is 5.90. The van der Waals surface area contributed by atoms with Crippen molar-refractivity contribution in [2.45, 2.75) is 96.8 Å². The van der Waals surface area contributed by atoms with Gasteiger partial charge in [0.2, 0.25) is 0 Å². The van der Waals surface area contributed by atoms with Crippen LogP contribution in [0.25, 0.3) is 0 Å². The van der Waals surface area contributed by atoms with Gasteiger partial charge in [-0.05, 0) is 19.3 Å². The summed E-state index contributed by atoms with van der Waals surface area (Å²) in [4.78, 5) is 30.5. The fourth-order valence-electron chi connectivity index (χ4n) is 3.44. The van der Waals surface area contributed by atoms with Gasteiger partial charge in [0.05, 0.1) is 13.7 Å². The predicted molar refractivity (Wildman–Crippen MR) is 107 cm³/mol. The highest BCUT2D eigenvalue weighted by Gasteiger charge is 2.24. The zero-order valence-electron chi connectivity index (χ0n) is 17.5. The zero-order chi connectivity index (χ0) is 19.7. The van der Waals surface area contributed by atoms with Crippen molar-refractivity contribution in [1.29, 1.82) is 0 Å². The average Bonchev–Trinajstić information content (AvgIpc) is 3.20. The van der Waals surface area contributed by atoms with Crippen molar-refractivity contribution in [2.24, 2.45) is 0 Å². The van der Waals surface area contributed by atoms with Gasteiger partial charge < -0.3 is 9.64 Å². The van der Waals surface area contributed by atoms with E-state index in [1.807, 2.05) is 0 Å². The third kappa shape index (κ3) is 11.2. The summed E-state index contributed by atoms with van der Waals surface area (Å²) in [7, 11) is 1.43. The Labute approximate surface area is 165 Å². The molecule has 1 aliphatic heterocycles. The SMILES string of the molecule is CCCCCCCCCCCCCCN(OC)C(=O)OC(=O)N1CCCC1. The van der Waals surface area contributed by atoms with Gasteiger partial charge in [-0.25, -0.2) is 9.59 Å². The Kier molecular flexibility index (Phi) is 13.8. The molecule has 0 saturated carbocycles. The topological polar surface area (TPSA) is 59.1 Å². The fraction of sp³-hybridized carbons (Fsp3) is 0.905. The lowest BCUT2D eigenvalue weighted by atomic mass is 10.1. The van der Waals surface area contributed by atoms with E-state index >= 15 is 0 Å². The summed E-state index contributed by atoms with van der Waals surface area (Å²) in [6.45, 7) is 4.04. The van der Waals surface area contributed by atoms with Crippen LogP contribution in [0.15, 0.2) is 0 Å². The molecule has 1 aliphatic rings. The molecule has 1 fully saturated rings. The second kappa shape index (κ2) is 15.7. The Morgan fingerprint density at radius 2 is 1.30 bits per heavy atom. The van der Waals surface area contributed by atoms with Crippen LogP contribution in [0, 0.1) is 0 Å². The summed E-state index contributed by atoms with van der Waals surface area (Å²) < 4.78 is 4.89. The van der Waals surface area contributed by atoms with Gasteiger partial charge in [-0.1, -0.05) is 77.6 Å². The normalized spacial score (nSPS) is 13.8. The summed E-state index contributed by atoms with van der Waals surface area (Å²) in [5, 5.41) is 1.14. The van der Waals surface area contributed by atoms with E-state index in [9.17, 15) is 9.59 Å². The molecule has 0 atom stereocenters. The molecule has 6 nitrogen and oxygen atoms in total. The monoisotopic (exact) mass is 384 g/mol. The molecule has 158 valence electrons. The molecule has 2 amide bonds. The number of rotatable bonds is 14. The minimum absolute atomic E-state index is 0.458. The van der Waals surface area contributed by atoms with Gasteiger partial charge in [-0.2, -0.15) is 5.06 Å². The van der Waals surface area contributed by atoms with Crippen LogP contribution < -0.4 is 0 Å². The van der Waals surface area contributed by atoms with E-state index in [0.717, 1.165) is 30.7 Å². The van der Waals surface area contributed by atoms with Crippen LogP contribution in [0.2, 0.25) is 0 Å². The van der Waals surface area contributed by atoms with Gasteiger partial charge in [0, 0.05) is 13.1 Å². The molecule has 0 unspecified atom stereocenters. The van der Waals surface area contributed by atoms with Crippen LogP contribution in [0.4, 0.5) is 9.59 Å². The molecule has 0 radical (unpaired) electrons. The van der Waals surface area contributed by atoms with Crippen molar-refractivity contribution in [3.8, 4) is 0 Å². The Morgan fingerprint density at radius 3 is 1.78 bits per heavy atom. The highest BCUT2D eigenvalue weighted by Crippen LogP contribution is 2.13. The van der Waals surface area contributed by atoms with Crippen molar-refractivity contribution < 1.29 is 19.2 Å². The van der Waals surface area contributed by atoms with Crippen LogP contribution >= 0.6 is 0 Å². The number of ether oxygens (including phenoxy) is 1. The van der Waals surface area contributed by atoms with E-state index in [2.05, 4.69) is 6.92 Å². The van der Waals surface area contributed by atoms with Gasteiger partial charge in [0.1, 0.15) is 0 Å². The van der Waals surface area contributed by atoms with Gasteiger partial charge in [0.25, 0.3) is 0 Å². The highest BCUT2D eigenvalue weighted by atomic mass is 16.7. The minimum atomic E-state index is -0.711. The number of unbranched alkanes of at least 4 members (excludes halogenated alkanes) is 11. The molecule has 1 saturated heterocycles. The molecule has 27 heavy (non-hydrogen) atoms. The quantitative estimate of drug-likeness (QED) is 0.212. The van der Waals surface area contributed by atoms with Crippen LogP contribution in [0.1, 0.15) is 96.8 Å². The zero-order valence-corrected chi connectivity index (χ0v) is 17.5. The summed E-state index contributed by atoms with van der Waals surface area (Å²) >= 11 is 0. The fourth-order valence-corrected chi connectivity index (χ4v) is 3.44. The number of likely N-dealkylation sites (tertiary alicyclic amines) is 1. The van der Waals surface area contributed by atoms with Crippen LogP contribution in [-0.2, 0) is 9.57 Å². The van der Waals surface area contributed by atoms with Gasteiger partial charge in [-0.15, -0.1) is 0 Å². The molecule has 0 N–H and O–H groups in total.